The zero-order valence-electron chi connectivity index (χ0n) is 20.9. The number of likely N-dealkylation sites (tertiary alicyclic amines) is 1. The normalized spacial score (nSPS) is 15.8. The number of fused-ring (bicyclic) bond motifs is 1. The maximum Gasteiger partial charge on any atom is 0.410 e. The first kappa shape index (κ1) is 25.0. The molecular formula is C28H28ClFN4O3. The van der Waals surface area contributed by atoms with Crippen molar-refractivity contribution in [1.82, 2.24) is 19.9 Å². The predicted molar refractivity (Wildman–Crippen MR) is 141 cm³/mol. The Morgan fingerprint density at radius 3 is 2.86 bits per heavy atom. The molecule has 5 rings (SSSR count). The Morgan fingerprint density at radius 2 is 2.05 bits per heavy atom. The summed E-state index contributed by atoms with van der Waals surface area (Å²) in [5, 5.41) is 0.419. The van der Waals surface area contributed by atoms with Gasteiger partial charge in [-0.25, -0.2) is 9.18 Å². The number of nitrogens with zero attached hydrogens (tertiary/aromatic N) is 3. The molecule has 0 saturated carbocycles. The van der Waals surface area contributed by atoms with Crippen LogP contribution in [0.2, 0.25) is 5.02 Å². The average Bonchev–Trinajstić information content (AvgIpc) is 3.48. The third-order valence-electron chi connectivity index (χ3n) is 6.24. The summed E-state index contributed by atoms with van der Waals surface area (Å²) in [7, 11) is 0. The number of aromatic amines is 1. The molecule has 0 radical (unpaired) electrons. The second kappa shape index (κ2) is 10.0. The molecule has 1 fully saturated rings. The van der Waals surface area contributed by atoms with E-state index >= 15 is 4.39 Å². The van der Waals surface area contributed by atoms with Gasteiger partial charge in [0.25, 0.3) is 0 Å². The number of hydrogen-bond donors (Lipinski definition) is 1. The zero-order chi connectivity index (χ0) is 26.2. The highest BCUT2D eigenvalue weighted by atomic mass is 35.5. The van der Waals surface area contributed by atoms with Crippen molar-refractivity contribution in [2.45, 2.75) is 45.3 Å². The van der Waals surface area contributed by atoms with E-state index in [9.17, 15) is 4.79 Å². The number of aromatic nitrogens is 3. The van der Waals surface area contributed by atoms with Gasteiger partial charge in [-0.3, -0.25) is 9.97 Å². The van der Waals surface area contributed by atoms with E-state index in [1.54, 1.807) is 29.6 Å². The topological polar surface area (TPSA) is 80.3 Å². The number of carbonyl (C=O) groups is 1. The minimum absolute atomic E-state index is 0.128. The van der Waals surface area contributed by atoms with Crippen LogP contribution >= 0.6 is 11.6 Å². The van der Waals surface area contributed by atoms with Crippen molar-refractivity contribution >= 4 is 28.7 Å². The van der Waals surface area contributed by atoms with Crippen molar-refractivity contribution in [2.75, 3.05) is 13.2 Å². The van der Waals surface area contributed by atoms with Crippen LogP contribution in [0.3, 0.4) is 0 Å². The van der Waals surface area contributed by atoms with Gasteiger partial charge in [0.05, 0.1) is 29.0 Å². The van der Waals surface area contributed by atoms with Crippen LogP contribution in [0.15, 0.2) is 55.0 Å². The number of carbonyl (C=O) groups excluding carboxylic acids is 1. The van der Waals surface area contributed by atoms with Crippen LogP contribution in [-0.2, 0) is 4.74 Å². The van der Waals surface area contributed by atoms with Crippen molar-refractivity contribution < 1.29 is 18.7 Å². The van der Waals surface area contributed by atoms with Crippen LogP contribution in [0.25, 0.3) is 33.4 Å². The maximum atomic E-state index is 15.1. The Morgan fingerprint density at radius 1 is 1.22 bits per heavy atom. The van der Waals surface area contributed by atoms with Gasteiger partial charge in [-0.15, -0.1) is 0 Å². The Labute approximate surface area is 219 Å². The lowest BCUT2D eigenvalue weighted by atomic mass is 10.00. The fourth-order valence-electron chi connectivity index (χ4n) is 4.63. The quantitative estimate of drug-likeness (QED) is 0.309. The summed E-state index contributed by atoms with van der Waals surface area (Å²) in [6.07, 6.45) is 6.29. The van der Waals surface area contributed by atoms with E-state index in [1.165, 1.54) is 12.1 Å². The summed E-state index contributed by atoms with van der Waals surface area (Å²) < 4.78 is 26.9. The number of hydrogen-bond acceptors (Lipinski definition) is 5. The summed E-state index contributed by atoms with van der Waals surface area (Å²) in [5.41, 5.74) is 3.06. The van der Waals surface area contributed by atoms with E-state index in [-0.39, 0.29) is 18.7 Å². The number of rotatable bonds is 5. The molecule has 3 aromatic heterocycles. The van der Waals surface area contributed by atoms with E-state index in [1.807, 2.05) is 39.0 Å². The van der Waals surface area contributed by atoms with Gasteiger partial charge in [0, 0.05) is 40.7 Å². The van der Waals surface area contributed by atoms with E-state index in [4.69, 9.17) is 21.1 Å². The van der Waals surface area contributed by atoms with Gasteiger partial charge in [0.15, 0.2) is 0 Å². The summed E-state index contributed by atoms with van der Waals surface area (Å²) in [6, 6.07) is 9.84. The molecule has 0 aliphatic carbocycles. The number of benzene rings is 1. The molecule has 1 aliphatic rings. The van der Waals surface area contributed by atoms with E-state index < -0.39 is 11.4 Å². The molecule has 0 bridgehead atoms. The predicted octanol–water partition coefficient (Wildman–Crippen LogP) is 6.86. The van der Waals surface area contributed by atoms with Gasteiger partial charge >= 0.3 is 6.09 Å². The Bertz CT molecular complexity index is 1450. The third kappa shape index (κ3) is 5.25. The van der Waals surface area contributed by atoms with Crippen LogP contribution < -0.4 is 4.74 Å². The first-order valence-corrected chi connectivity index (χ1v) is 12.6. The Kier molecular flexibility index (Phi) is 6.77. The zero-order valence-corrected chi connectivity index (χ0v) is 21.7. The van der Waals surface area contributed by atoms with E-state index in [2.05, 4.69) is 15.0 Å². The van der Waals surface area contributed by atoms with Crippen LogP contribution in [0, 0.1) is 5.82 Å². The molecule has 1 atom stereocenters. The minimum atomic E-state index is -0.572. The number of ether oxygens (including phenoxy) is 2. The molecular weight excluding hydrogens is 495 g/mol. The monoisotopic (exact) mass is 522 g/mol. The second-order valence-electron chi connectivity index (χ2n) is 10.1. The molecule has 4 heterocycles. The molecule has 1 amide bonds. The van der Waals surface area contributed by atoms with Crippen molar-refractivity contribution in [3.63, 3.8) is 0 Å². The van der Waals surface area contributed by atoms with E-state index in [0.29, 0.717) is 45.2 Å². The second-order valence-corrected chi connectivity index (χ2v) is 10.5. The molecule has 1 aromatic carbocycles. The number of nitrogens with one attached hydrogen (secondary N) is 1. The van der Waals surface area contributed by atoms with Gasteiger partial charge in [-0.05, 0) is 70.0 Å². The highest BCUT2D eigenvalue weighted by molar-refractivity contribution is 6.31. The lowest BCUT2D eigenvalue weighted by molar-refractivity contribution is 0.0187. The SMILES string of the molecule is CC(C)(C)OC(=O)N1CCC[C@H]1COc1cnccc1-c1[nH]c2cccnc2c1-c1cc(Cl)ccc1F. The summed E-state index contributed by atoms with van der Waals surface area (Å²) in [4.78, 5) is 26.6. The summed E-state index contributed by atoms with van der Waals surface area (Å²) in [5.74, 6) is 0.0986. The molecule has 1 N–H and O–H groups in total. The number of amides is 1. The van der Waals surface area contributed by atoms with Gasteiger partial charge in [0.2, 0.25) is 0 Å². The lowest BCUT2D eigenvalue weighted by Gasteiger charge is -2.28. The van der Waals surface area contributed by atoms with Crippen LogP contribution in [0.1, 0.15) is 33.6 Å². The standard InChI is InChI=1S/C28H28ClFN4O3/c1-28(2,3)37-27(35)34-13-5-6-18(34)16-36-23-15-31-12-10-19(23)25-24(20-14-17(29)8-9-21(20)30)26-22(33-25)7-4-11-32-26/h4,7-12,14-15,18,33H,5-6,13,16H2,1-3H3/t18-/m0/s1. The average molecular weight is 523 g/mol. The number of H-pyrrole nitrogens is 1. The summed E-state index contributed by atoms with van der Waals surface area (Å²) >= 11 is 6.24. The first-order chi connectivity index (χ1) is 17.7. The smallest absolute Gasteiger partial charge is 0.410 e. The maximum absolute atomic E-state index is 15.1. The fourth-order valence-corrected chi connectivity index (χ4v) is 4.80. The van der Waals surface area contributed by atoms with Crippen molar-refractivity contribution in [3.05, 3.63) is 65.8 Å². The van der Waals surface area contributed by atoms with Crippen LogP contribution in [0.5, 0.6) is 5.75 Å². The molecule has 37 heavy (non-hydrogen) atoms. The minimum Gasteiger partial charge on any atom is -0.489 e. The molecule has 4 aromatic rings. The molecule has 0 spiro atoms. The van der Waals surface area contributed by atoms with Gasteiger partial charge in [-0.1, -0.05) is 11.6 Å². The lowest BCUT2D eigenvalue weighted by Crippen LogP contribution is -2.42. The first-order valence-electron chi connectivity index (χ1n) is 12.2. The van der Waals surface area contributed by atoms with Crippen molar-refractivity contribution in [1.29, 1.82) is 0 Å². The highest BCUT2D eigenvalue weighted by Crippen LogP contribution is 2.42. The molecule has 9 heteroatoms. The Hall–Kier alpha value is -3.65. The van der Waals surface area contributed by atoms with Crippen molar-refractivity contribution in [3.8, 4) is 28.1 Å². The molecule has 1 saturated heterocycles. The highest BCUT2D eigenvalue weighted by Gasteiger charge is 2.33. The van der Waals surface area contributed by atoms with Gasteiger partial charge in [-0.2, -0.15) is 0 Å². The molecule has 0 unspecified atom stereocenters. The number of pyridine rings is 2. The fraction of sp³-hybridized carbons (Fsp3) is 0.321. The van der Waals surface area contributed by atoms with Crippen molar-refractivity contribution in [2.24, 2.45) is 0 Å². The Balaban J connectivity index is 1.50. The summed E-state index contributed by atoms with van der Waals surface area (Å²) in [6.45, 7) is 6.45. The largest absolute Gasteiger partial charge is 0.489 e. The van der Waals surface area contributed by atoms with E-state index in [0.717, 1.165) is 18.4 Å². The number of halogens is 2. The van der Waals surface area contributed by atoms with Gasteiger partial charge < -0.3 is 19.4 Å². The van der Waals surface area contributed by atoms with Crippen LogP contribution in [-0.4, -0.2) is 50.7 Å². The van der Waals surface area contributed by atoms with Crippen LogP contribution in [0.4, 0.5) is 9.18 Å². The van der Waals surface area contributed by atoms with Gasteiger partial charge in [0.1, 0.15) is 23.8 Å². The third-order valence-corrected chi connectivity index (χ3v) is 6.48. The molecule has 192 valence electrons. The molecule has 1 aliphatic heterocycles. The molecule has 7 nitrogen and oxygen atoms in total.